The SMILES string of the molecule is CC(C)CC(CO)NCc1cc(Cl)ccc1OC(F)F. The molecule has 0 heterocycles. The molecule has 1 unspecified atom stereocenters. The maximum atomic E-state index is 12.3. The van der Waals surface area contributed by atoms with Crippen LogP contribution >= 0.6 is 11.6 Å². The highest BCUT2D eigenvalue weighted by atomic mass is 35.5. The van der Waals surface area contributed by atoms with Crippen molar-refractivity contribution >= 4 is 11.6 Å². The second-order valence-corrected chi connectivity index (χ2v) is 5.46. The lowest BCUT2D eigenvalue weighted by Gasteiger charge is -2.19. The van der Waals surface area contributed by atoms with Gasteiger partial charge in [-0.2, -0.15) is 8.78 Å². The van der Waals surface area contributed by atoms with Crippen LogP contribution in [0, 0.1) is 5.92 Å². The Bertz CT molecular complexity index is 416. The van der Waals surface area contributed by atoms with Gasteiger partial charge in [0.05, 0.1) is 6.61 Å². The number of hydrogen-bond acceptors (Lipinski definition) is 3. The predicted molar refractivity (Wildman–Crippen MR) is 75.3 cm³/mol. The number of alkyl halides is 2. The van der Waals surface area contributed by atoms with Gasteiger partial charge in [0.2, 0.25) is 0 Å². The van der Waals surface area contributed by atoms with Gasteiger partial charge in [-0.05, 0) is 30.5 Å². The maximum absolute atomic E-state index is 12.3. The lowest BCUT2D eigenvalue weighted by atomic mass is 10.0. The molecule has 0 aromatic heterocycles. The Balaban J connectivity index is 2.72. The molecule has 0 aliphatic rings. The van der Waals surface area contributed by atoms with E-state index in [1.54, 1.807) is 6.07 Å². The highest BCUT2D eigenvalue weighted by molar-refractivity contribution is 6.30. The normalized spacial score (nSPS) is 13.0. The Hall–Kier alpha value is -0.910. The minimum absolute atomic E-state index is 0.0101. The molecule has 0 aliphatic heterocycles. The summed E-state index contributed by atoms with van der Waals surface area (Å²) in [7, 11) is 0. The third-order valence-corrected chi connectivity index (χ3v) is 3.03. The summed E-state index contributed by atoms with van der Waals surface area (Å²) in [5, 5.41) is 12.9. The lowest BCUT2D eigenvalue weighted by Crippen LogP contribution is -2.33. The van der Waals surface area contributed by atoms with E-state index in [4.69, 9.17) is 11.6 Å². The molecule has 1 aromatic rings. The molecule has 6 heteroatoms. The van der Waals surface area contributed by atoms with Gasteiger partial charge in [-0.25, -0.2) is 0 Å². The van der Waals surface area contributed by atoms with Crippen molar-refractivity contribution in [3.8, 4) is 5.75 Å². The number of aliphatic hydroxyl groups excluding tert-OH is 1. The Morgan fingerprint density at radius 1 is 1.35 bits per heavy atom. The van der Waals surface area contributed by atoms with E-state index in [-0.39, 0.29) is 18.4 Å². The Kier molecular flexibility index (Phi) is 7.19. The van der Waals surface area contributed by atoms with Crippen LogP contribution in [0.5, 0.6) is 5.75 Å². The zero-order valence-electron chi connectivity index (χ0n) is 11.6. The molecule has 0 aliphatic carbocycles. The van der Waals surface area contributed by atoms with Gasteiger partial charge in [-0.15, -0.1) is 0 Å². The van der Waals surface area contributed by atoms with Crippen LogP contribution in [-0.2, 0) is 6.54 Å². The first-order valence-electron chi connectivity index (χ1n) is 6.49. The molecule has 1 rings (SSSR count). The summed E-state index contributed by atoms with van der Waals surface area (Å²) >= 11 is 5.87. The first-order valence-corrected chi connectivity index (χ1v) is 6.87. The number of benzene rings is 1. The molecule has 2 N–H and O–H groups in total. The van der Waals surface area contributed by atoms with E-state index in [9.17, 15) is 13.9 Å². The van der Waals surface area contributed by atoms with Gasteiger partial charge < -0.3 is 15.2 Å². The van der Waals surface area contributed by atoms with E-state index in [2.05, 4.69) is 23.9 Å². The third kappa shape index (κ3) is 6.03. The molecule has 0 radical (unpaired) electrons. The molecule has 1 aromatic carbocycles. The van der Waals surface area contributed by atoms with Crippen molar-refractivity contribution in [2.24, 2.45) is 5.92 Å². The number of rotatable bonds is 8. The van der Waals surface area contributed by atoms with Crippen molar-refractivity contribution < 1.29 is 18.6 Å². The van der Waals surface area contributed by atoms with Crippen molar-refractivity contribution in [2.75, 3.05) is 6.61 Å². The average molecular weight is 308 g/mol. The van der Waals surface area contributed by atoms with Crippen molar-refractivity contribution in [2.45, 2.75) is 39.5 Å². The Morgan fingerprint density at radius 2 is 2.05 bits per heavy atom. The summed E-state index contributed by atoms with van der Waals surface area (Å²) in [6, 6.07) is 4.41. The summed E-state index contributed by atoms with van der Waals surface area (Å²) in [6.45, 7) is 1.52. The van der Waals surface area contributed by atoms with Gasteiger partial charge in [0.25, 0.3) is 0 Å². The number of halogens is 3. The quantitative estimate of drug-likeness (QED) is 0.773. The van der Waals surface area contributed by atoms with E-state index in [1.807, 2.05) is 0 Å². The van der Waals surface area contributed by atoms with Crippen LogP contribution in [0.3, 0.4) is 0 Å². The standard InChI is InChI=1S/C14H20ClF2NO2/c1-9(2)5-12(8-19)18-7-10-6-11(15)3-4-13(10)20-14(16)17/h3-4,6,9,12,14,18-19H,5,7-8H2,1-2H3. The van der Waals surface area contributed by atoms with Crippen LogP contribution in [-0.4, -0.2) is 24.4 Å². The Labute approximate surface area is 122 Å². The summed E-state index contributed by atoms with van der Waals surface area (Å²) in [4.78, 5) is 0. The first kappa shape index (κ1) is 17.1. The largest absolute Gasteiger partial charge is 0.434 e. The van der Waals surface area contributed by atoms with Gasteiger partial charge in [-0.3, -0.25) is 0 Å². The minimum Gasteiger partial charge on any atom is -0.434 e. The molecule has 0 fully saturated rings. The second kappa shape index (κ2) is 8.39. The van der Waals surface area contributed by atoms with E-state index in [0.717, 1.165) is 6.42 Å². The molecule has 0 saturated carbocycles. The average Bonchev–Trinajstić information content (AvgIpc) is 2.36. The molecule has 3 nitrogen and oxygen atoms in total. The van der Waals surface area contributed by atoms with Crippen LogP contribution in [0.25, 0.3) is 0 Å². The molecule has 0 spiro atoms. The van der Waals surface area contributed by atoms with Gasteiger partial charge >= 0.3 is 6.61 Å². The first-order chi connectivity index (χ1) is 9.42. The summed E-state index contributed by atoms with van der Waals surface area (Å²) in [5.41, 5.74) is 0.542. The molecule has 0 bridgehead atoms. The van der Waals surface area contributed by atoms with Crippen LogP contribution in [0.1, 0.15) is 25.8 Å². The van der Waals surface area contributed by atoms with Crippen LogP contribution in [0.4, 0.5) is 8.78 Å². The fourth-order valence-corrected chi connectivity index (χ4v) is 2.14. The van der Waals surface area contributed by atoms with Gasteiger partial charge in [0.1, 0.15) is 5.75 Å². The number of nitrogens with one attached hydrogen (secondary N) is 1. The molecule has 0 amide bonds. The molecule has 0 saturated heterocycles. The van der Waals surface area contributed by atoms with Crippen LogP contribution in [0.15, 0.2) is 18.2 Å². The van der Waals surface area contributed by atoms with Crippen molar-refractivity contribution in [1.82, 2.24) is 5.32 Å². The van der Waals surface area contributed by atoms with E-state index < -0.39 is 6.61 Å². The van der Waals surface area contributed by atoms with Gasteiger partial charge in [0.15, 0.2) is 0 Å². The van der Waals surface area contributed by atoms with Gasteiger partial charge in [0, 0.05) is 23.2 Å². The smallest absolute Gasteiger partial charge is 0.387 e. The molecular weight excluding hydrogens is 288 g/mol. The fourth-order valence-electron chi connectivity index (χ4n) is 1.94. The van der Waals surface area contributed by atoms with Crippen molar-refractivity contribution in [1.29, 1.82) is 0 Å². The number of aliphatic hydroxyl groups is 1. The van der Waals surface area contributed by atoms with Crippen molar-refractivity contribution in [3.63, 3.8) is 0 Å². The summed E-state index contributed by atoms with van der Waals surface area (Å²) < 4.78 is 29.1. The second-order valence-electron chi connectivity index (χ2n) is 5.02. The predicted octanol–water partition coefficient (Wildman–Crippen LogP) is 3.44. The highest BCUT2D eigenvalue weighted by Crippen LogP contribution is 2.24. The van der Waals surface area contributed by atoms with E-state index >= 15 is 0 Å². The molecular formula is C14H20ClF2NO2. The van der Waals surface area contributed by atoms with E-state index in [1.165, 1.54) is 12.1 Å². The molecule has 114 valence electrons. The fraction of sp³-hybridized carbons (Fsp3) is 0.571. The summed E-state index contributed by atoms with van der Waals surface area (Å²) in [6.07, 6.45) is 0.794. The zero-order chi connectivity index (χ0) is 15.1. The number of hydrogen-bond donors (Lipinski definition) is 2. The molecule has 1 atom stereocenters. The van der Waals surface area contributed by atoms with Gasteiger partial charge in [-0.1, -0.05) is 25.4 Å². The van der Waals surface area contributed by atoms with E-state index in [0.29, 0.717) is 23.0 Å². The maximum Gasteiger partial charge on any atom is 0.387 e. The minimum atomic E-state index is -2.88. The zero-order valence-corrected chi connectivity index (χ0v) is 12.3. The van der Waals surface area contributed by atoms with Crippen LogP contribution < -0.4 is 10.1 Å². The Morgan fingerprint density at radius 3 is 2.60 bits per heavy atom. The monoisotopic (exact) mass is 307 g/mol. The third-order valence-electron chi connectivity index (χ3n) is 2.80. The summed E-state index contributed by atoms with van der Waals surface area (Å²) in [5.74, 6) is 0.522. The highest BCUT2D eigenvalue weighted by Gasteiger charge is 2.13. The number of ether oxygens (including phenoxy) is 1. The lowest BCUT2D eigenvalue weighted by molar-refractivity contribution is -0.0505. The molecule has 20 heavy (non-hydrogen) atoms. The topological polar surface area (TPSA) is 41.5 Å². The van der Waals surface area contributed by atoms with Crippen molar-refractivity contribution in [3.05, 3.63) is 28.8 Å². The van der Waals surface area contributed by atoms with Crippen LogP contribution in [0.2, 0.25) is 5.02 Å².